The van der Waals surface area contributed by atoms with Gasteiger partial charge >= 0.3 is 0 Å². The predicted molar refractivity (Wildman–Crippen MR) is 91.0 cm³/mol. The van der Waals surface area contributed by atoms with E-state index in [0.29, 0.717) is 35.7 Å². The highest BCUT2D eigenvalue weighted by Crippen LogP contribution is 2.36. The van der Waals surface area contributed by atoms with Crippen LogP contribution in [0.3, 0.4) is 0 Å². The molecule has 1 aliphatic carbocycles. The van der Waals surface area contributed by atoms with Crippen molar-refractivity contribution >= 4 is 0 Å². The Morgan fingerprint density at radius 3 is 2.67 bits per heavy atom. The molecule has 1 aliphatic rings. The summed E-state index contributed by atoms with van der Waals surface area (Å²) in [5.41, 5.74) is 6.73. The molecule has 1 aromatic heterocycles. The molecule has 2 N–H and O–H groups in total. The molecule has 0 bridgehead atoms. The van der Waals surface area contributed by atoms with Crippen molar-refractivity contribution < 1.29 is 14.0 Å². The fraction of sp³-hybridized carbons (Fsp3) is 0.556. The van der Waals surface area contributed by atoms with E-state index in [0.717, 1.165) is 31.2 Å². The van der Waals surface area contributed by atoms with E-state index in [4.69, 9.17) is 19.7 Å². The van der Waals surface area contributed by atoms with Crippen molar-refractivity contribution in [3.63, 3.8) is 0 Å². The zero-order valence-electron chi connectivity index (χ0n) is 14.5. The van der Waals surface area contributed by atoms with Crippen LogP contribution in [0.4, 0.5) is 0 Å². The molecule has 3 rings (SSSR count). The summed E-state index contributed by atoms with van der Waals surface area (Å²) in [5, 5.41) is 4.10. The summed E-state index contributed by atoms with van der Waals surface area (Å²) < 4.78 is 16.6. The average molecular weight is 331 g/mol. The Morgan fingerprint density at radius 2 is 2.00 bits per heavy atom. The van der Waals surface area contributed by atoms with E-state index < -0.39 is 5.54 Å². The fourth-order valence-electron chi connectivity index (χ4n) is 2.95. The molecular weight excluding hydrogens is 306 g/mol. The molecule has 1 fully saturated rings. The quantitative estimate of drug-likeness (QED) is 0.872. The van der Waals surface area contributed by atoms with Gasteiger partial charge in [0.05, 0.1) is 19.3 Å². The second-order valence-corrected chi connectivity index (χ2v) is 6.86. The summed E-state index contributed by atoms with van der Waals surface area (Å²) in [4.78, 5) is 4.51. The van der Waals surface area contributed by atoms with Gasteiger partial charge in [-0.15, -0.1) is 0 Å². The molecule has 0 radical (unpaired) electrons. The SMILES string of the molecule is COc1cc(-c2nc(C3(N)CCCC3)no2)ccc1OCC(C)C. The first kappa shape index (κ1) is 16.8. The molecule has 0 atom stereocenters. The van der Waals surface area contributed by atoms with Crippen molar-refractivity contribution in [2.24, 2.45) is 11.7 Å². The standard InChI is InChI=1S/C18H25N3O3/c1-12(2)11-23-14-7-6-13(10-15(14)22-3)16-20-17(21-24-16)18(19)8-4-5-9-18/h6-7,10,12H,4-5,8-9,11,19H2,1-3H3. The third kappa shape index (κ3) is 3.38. The van der Waals surface area contributed by atoms with Gasteiger partial charge in [-0.25, -0.2) is 0 Å². The minimum Gasteiger partial charge on any atom is -0.493 e. The number of aromatic nitrogens is 2. The van der Waals surface area contributed by atoms with Crippen LogP contribution in [0.2, 0.25) is 0 Å². The Morgan fingerprint density at radius 1 is 1.25 bits per heavy atom. The summed E-state index contributed by atoms with van der Waals surface area (Å²) in [7, 11) is 1.62. The van der Waals surface area contributed by atoms with Crippen molar-refractivity contribution in [2.75, 3.05) is 13.7 Å². The highest BCUT2D eigenvalue weighted by Gasteiger charge is 2.36. The van der Waals surface area contributed by atoms with Gasteiger partial charge in [-0.3, -0.25) is 0 Å². The van der Waals surface area contributed by atoms with Gasteiger partial charge in [-0.05, 0) is 37.0 Å². The lowest BCUT2D eigenvalue weighted by molar-refractivity contribution is 0.257. The molecule has 2 aromatic rings. The Balaban J connectivity index is 1.83. The Labute approximate surface area is 142 Å². The van der Waals surface area contributed by atoms with Gasteiger partial charge in [0.1, 0.15) is 0 Å². The predicted octanol–water partition coefficient (Wildman–Crippen LogP) is 3.51. The van der Waals surface area contributed by atoms with Crippen molar-refractivity contribution in [2.45, 2.75) is 45.1 Å². The van der Waals surface area contributed by atoms with Crippen LogP contribution in [0.1, 0.15) is 45.4 Å². The van der Waals surface area contributed by atoms with E-state index >= 15 is 0 Å². The Bertz CT molecular complexity index is 691. The van der Waals surface area contributed by atoms with Crippen molar-refractivity contribution in [3.05, 3.63) is 24.0 Å². The van der Waals surface area contributed by atoms with Crippen molar-refractivity contribution in [1.29, 1.82) is 0 Å². The second-order valence-electron chi connectivity index (χ2n) is 6.86. The number of ether oxygens (including phenoxy) is 2. The number of hydrogen-bond donors (Lipinski definition) is 1. The molecule has 0 amide bonds. The molecule has 6 nitrogen and oxygen atoms in total. The number of rotatable bonds is 6. The first-order valence-corrected chi connectivity index (χ1v) is 8.46. The van der Waals surface area contributed by atoms with E-state index in [9.17, 15) is 0 Å². The number of nitrogens with zero attached hydrogens (tertiary/aromatic N) is 2. The summed E-state index contributed by atoms with van der Waals surface area (Å²) >= 11 is 0. The second kappa shape index (κ2) is 6.81. The molecule has 130 valence electrons. The van der Waals surface area contributed by atoms with Gasteiger partial charge in [0, 0.05) is 5.56 Å². The molecule has 6 heteroatoms. The lowest BCUT2D eigenvalue weighted by atomic mass is 9.99. The molecule has 0 unspecified atom stereocenters. The first-order valence-electron chi connectivity index (χ1n) is 8.46. The van der Waals surface area contributed by atoms with Crippen molar-refractivity contribution in [1.82, 2.24) is 10.1 Å². The van der Waals surface area contributed by atoms with Gasteiger partial charge in [0.15, 0.2) is 17.3 Å². The van der Waals surface area contributed by atoms with Crippen LogP contribution >= 0.6 is 0 Å². The smallest absolute Gasteiger partial charge is 0.258 e. The summed E-state index contributed by atoms with van der Waals surface area (Å²) in [5.74, 6) is 2.85. The van der Waals surface area contributed by atoms with Gasteiger partial charge in [-0.2, -0.15) is 4.98 Å². The van der Waals surface area contributed by atoms with E-state index in [1.165, 1.54) is 0 Å². The van der Waals surface area contributed by atoms with Gasteiger partial charge in [0.25, 0.3) is 5.89 Å². The van der Waals surface area contributed by atoms with E-state index in [1.54, 1.807) is 7.11 Å². The molecular formula is C18H25N3O3. The zero-order chi connectivity index (χ0) is 17.2. The first-order chi connectivity index (χ1) is 11.5. The minimum atomic E-state index is -0.452. The molecule has 24 heavy (non-hydrogen) atoms. The maximum Gasteiger partial charge on any atom is 0.258 e. The third-order valence-electron chi connectivity index (χ3n) is 4.35. The Kier molecular flexibility index (Phi) is 4.76. The molecule has 0 aliphatic heterocycles. The Hall–Kier alpha value is -2.08. The summed E-state index contributed by atoms with van der Waals surface area (Å²) in [6.45, 7) is 4.84. The minimum absolute atomic E-state index is 0.444. The monoisotopic (exact) mass is 331 g/mol. The molecule has 0 saturated heterocycles. The van der Waals surface area contributed by atoms with Crippen LogP contribution < -0.4 is 15.2 Å². The van der Waals surface area contributed by atoms with Crippen LogP contribution in [0, 0.1) is 5.92 Å². The molecule has 1 aromatic carbocycles. The van der Waals surface area contributed by atoms with E-state index in [1.807, 2.05) is 18.2 Å². The topological polar surface area (TPSA) is 83.4 Å². The maximum atomic E-state index is 6.39. The normalized spacial score (nSPS) is 16.5. The summed E-state index contributed by atoms with van der Waals surface area (Å²) in [6, 6.07) is 5.62. The molecule has 0 spiro atoms. The van der Waals surface area contributed by atoms with Crippen molar-refractivity contribution in [3.8, 4) is 23.0 Å². The lowest BCUT2D eigenvalue weighted by Crippen LogP contribution is -2.34. The van der Waals surface area contributed by atoms with E-state index in [-0.39, 0.29) is 0 Å². The number of hydrogen-bond acceptors (Lipinski definition) is 6. The third-order valence-corrected chi connectivity index (χ3v) is 4.35. The lowest BCUT2D eigenvalue weighted by Gasteiger charge is -2.17. The molecule has 1 saturated carbocycles. The molecule has 1 heterocycles. The van der Waals surface area contributed by atoms with Gasteiger partial charge in [-0.1, -0.05) is 31.8 Å². The van der Waals surface area contributed by atoms with E-state index in [2.05, 4.69) is 24.0 Å². The van der Waals surface area contributed by atoms with Crippen LogP contribution in [0.15, 0.2) is 22.7 Å². The maximum absolute atomic E-state index is 6.39. The van der Waals surface area contributed by atoms with Crippen LogP contribution in [-0.4, -0.2) is 23.9 Å². The average Bonchev–Trinajstić information content (AvgIpc) is 3.22. The van der Waals surface area contributed by atoms with Gasteiger partial charge < -0.3 is 19.7 Å². The van der Waals surface area contributed by atoms with Crippen LogP contribution in [0.5, 0.6) is 11.5 Å². The number of nitrogens with two attached hydrogens (primary N) is 1. The zero-order valence-corrected chi connectivity index (χ0v) is 14.5. The number of benzene rings is 1. The van der Waals surface area contributed by atoms with Gasteiger partial charge in [0.2, 0.25) is 0 Å². The fourth-order valence-corrected chi connectivity index (χ4v) is 2.95. The van der Waals surface area contributed by atoms with Crippen LogP contribution in [0.25, 0.3) is 11.5 Å². The van der Waals surface area contributed by atoms with Crippen LogP contribution in [-0.2, 0) is 5.54 Å². The highest BCUT2D eigenvalue weighted by atomic mass is 16.5. The largest absolute Gasteiger partial charge is 0.493 e. The summed E-state index contributed by atoms with van der Waals surface area (Å²) in [6.07, 6.45) is 4.01. The number of methoxy groups -OCH3 is 1. The highest BCUT2D eigenvalue weighted by molar-refractivity contribution is 5.59.